The van der Waals surface area contributed by atoms with E-state index in [1.54, 1.807) is 0 Å². The lowest BCUT2D eigenvalue weighted by molar-refractivity contribution is 0.0357. The minimum absolute atomic E-state index is 0.0532. The largest absolute Gasteiger partial charge is 0.292 e. The highest BCUT2D eigenvalue weighted by atomic mass is 19.3. The molecule has 0 N–H and O–H groups in total. The molecule has 84 valence electrons. The summed E-state index contributed by atoms with van der Waals surface area (Å²) in [5, 5.41) is 0. The van der Waals surface area contributed by atoms with E-state index < -0.39 is 6.43 Å². The first-order valence-electron chi connectivity index (χ1n) is 5.65. The highest BCUT2D eigenvalue weighted by Gasteiger charge is 2.25. The Morgan fingerprint density at radius 1 is 1.14 bits per heavy atom. The van der Waals surface area contributed by atoms with Gasteiger partial charge in [-0.25, -0.2) is 8.78 Å². The minimum atomic E-state index is -2.20. The van der Waals surface area contributed by atoms with E-state index in [2.05, 4.69) is 0 Å². The van der Waals surface area contributed by atoms with Crippen molar-refractivity contribution in [3.05, 3.63) is 0 Å². The standard InChI is InChI=1S/C11H21F2N/c1-9(2)14(8-11(12)13)10-6-4-3-5-7-10/h9-11H,3-8H2,1-2H3. The van der Waals surface area contributed by atoms with Crippen LogP contribution in [-0.4, -0.2) is 30.0 Å². The van der Waals surface area contributed by atoms with Gasteiger partial charge in [0.05, 0.1) is 6.54 Å². The molecule has 14 heavy (non-hydrogen) atoms. The molecule has 1 aliphatic carbocycles. The third kappa shape index (κ3) is 3.52. The van der Waals surface area contributed by atoms with Gasteiger partial charge in [-0.05, 0) is 26.7 Å². The summed E-state index contributed by atoms with van der Waals surface area (Å²) < 4.78 is 24.7. The van der Waals surface area contributed by atoms with Gasteiger partial charge in [-0.3, -0.25) is 4.90 Å². The van der Waals surface area contributed by atoms with E-state index in [0.29, 0.717) is 6.04 Å². The highest BCUT2D eigenvalue weighted by Crippen LogP contribution is 2.24. The summed E-state index contributed by atoms with van der Waals surface area (Å²) >= 11 is 0. The molecule has 0 unspecified atom stereocenters. The minimum Gasteiger partial charge on any atom is -0.292 e. The molecule has 1 aliphatic rings. The van der Waals surface area contributed by atoms with Crippen molar-refractivity contribution in [2.45, 2.75) is 64.5 Å². The molecule has 0 atom stereocenters. The average molecular weight is 205 g/mol. The van der Waals surface area contributed by atoms with Gasteiger partial charge in [0.2, 0.25) is 0 Å². The fourth-order valence-electron chi connectivity index (χ4n) is 2.35. The van der Waals surface area contributed by atoms with Crippen LogP contribution in [0.5, 0.6) is 0 Å². The highest BCUT2D eigenvalue weighted by molar-refractivity contribution is 4.78. The molecule has 0 heterocycles. The van der Waals surface area contributed by atoms with Crippen LogP contribution in [0.15, 0.2) is 0 Å². The van der Waals surface area contributed by atoms with Crippen LogP contribution in [0.1, 0.15) is 46.0 Å². The zero-order valence-corrected chi connectivity index (χ0v) is 9.18. The quantitative estimate of drug-likeness (QED) is 0.680. The Morgan fingerprint density at radius 3 is 2.14 bits per heavy atom. The van der Waals surface area contributed by atoms with E-state index in [-0.39, 0.29) is 12.6 Å². The molecule has 0 radical (unpaired) electrons. The average Bonchev–Trinajstić information content (AvgIpc) is 2.15. The summed E-state index contributed by atoms with van der Waals surface area (Å²) in [7, 11) is 0. The molecule has 0 saturated heterocycles. The van der Waals surface area contributed by atoms with Gasteiger partial charge in [0.1, 0.15) is 0 Å². The van der Waals surface area contributed by atoms with Crippen molar-refractivity contribution >= 4 is 0 Å². The van der Waals surface area contributed by atoms with Crippen LogP contribution in [0.2, 0.25) is 0 Å². The van der Waals surface area contributed by atoms with Crippen LogP contribution in [0.3, 0.4) is 0 Å². The topological polar surface area (TPSA) is 3.24 Å². The third-order valence-corrected chi connectivity index (χ3v) is 3.06. The van der Waals surface area contributed by atoms with Gasteiger partial charge in [-0.2, -0.15) is 0 Å². The van der Waals surface area contributed by atoms with Gasteiger partial charge in [0.25, 0.3) is 6.43 Å². The summed E-state index contributed by atoms with van der Waals surface area (Å²) in [6, 6.07) is 0.643. The molecule has 0 spiro atoms. The van der Waals surface area contributed by atoms with Crippen LogP contribution in [-0.2, 0) is 0 Å². The predicted octanol–water partition coefficient (Wildman–Crippen LogP) is 3.29. The zero-order valence-electron chi connectivity index (χ0n) is 9.18. The van der Waals surface area contributed by atoms with Gasteiger partial charge >= 0.3 is 0 Å². The Morgan fingerprint density at radius 2 is 1.71 bits per heavy atom. The third-order valence-electron chi connectivity index (χ3n) is 3.06. The van der Waals surface area contributed by atoms with Crippen LogP contribution >= 0.6 is 0 Å². The smallest absolute Gasteiger partial charge is 0.251 e. The van der Waals surface area contributed by atoms with Gasteiger partial charge in [-0.15, -0.1) is 0 Å². The molecule has 1 saturated carbocycles. The summed E-state index contributed by atoms with van der Waals surface area (Å²) in [6.07, 6.45) is 3.69. The second kappa shape index (κ2) is 5.64. The van der Waals surface area contributed by atoms with E-state index in [1.165, 1.54) is 19.3 Å². The monoisotopic (exact) mass is 205 g/mol. The van der Waals surface area contributed by atoms with E-state index >= 15 is 0 Å². The van der Waals surface area contributed by atoms with Gasteiger partial charge in [0.15, 0.2) is 0 Å². The molecule has 1 fully saturated rings. The number of alkyl halides is 2. The second-order valence-electron chi connectivity index (χ2n) is 4.47. The molecule has 0 amide bonds. The molecule has 0 aromatic rings. The lowest BCUT2D eigenvalue weighted by atomic mass is 9.93. The van der Waals surface area contributed by atoms with Crippen LogP contribution in [0, 0.1) is 0 Å². The molecule has 1 rings (SSSR count). The maximum atomic E-state index is 12.4. The van der Waals surface area contributed by atoms with Gasteiger partial charge < -0.3 is 0 Å². The van der Waals surface area contributed by atoms with Crippen molar-refractivity contribution in [2.24, 2.45) is 0 Å². The first kappa shape index (κ1) is 11.9. The van der Waals surface area contributed by atoms with E-state index in [0.717, 1.165) is 12.8 Å². The Labute approximate surface area is 85.5 Å². The number of halogens is 2. The molecule has 1 nitrogen and oxygen atoms in total. The lowest BCUT2D eigenvalue weighted by Gasteiger charge is -2.36. The zero-order chi connectivity index (χ0) is 10.6. The maximum Gasteiger partial charge on any atom is 0.251 e. The fraction of sp³-hybridized carbons (Fsp3) is 1.00. The second-order valence-corrected chi connectivity index (χ2v) is 4.47. The molecule has 3 heteroatoms. The van der Waals surface area contributed by atoms with Crippen LogP contribution in [0.25, 0.3) is 0 Å². The Bertz CT molecular complexity index is 153. The summed E-state index contributed by atoms with van der Waals surface area (Å²) in [4.78, 5) is 1.98. The van der Waals surface area contributed by atoms with Crippen LogP contribution < -0.4 is 0 Å². The van der Waals surface area contributed by atoms with Crippen molar-refractivity contribution in [2.75, 3.05) is 6.54 Å². The van der Waals surface area contributed by atoms with Crippen molar-refractivity contribution in [3.63, 3.8) is 0 Å². The first-order chi connectivity index (χ1) is 6.61. The molecular formula is C11H21F2N. The number of hydrogen-bond acceptors (Lipinski definition) is 1. The first-order valence-corrected chi connectivity index (χ1v) is 5.65. The van der Waals surface area contributed by atoms with Crippen molar-refractivity contribution < 1.29 is 8.78 Å². The van der Waals surface area contributed by atoms with E-state index in [4.69, 9.17) is 0 Å². The predicted molar refractivity (Wildman–Crippen MR) is 54.7 cm³/mol. The fourth-order valence-corrected chi connectivity index (χ4v) is 2.35. The van der Waals surface area contributed by atoms with Gasteiger partial charge in [0, 0.05) is 12.1 Å². The Kier molecular flexibility index (Phi) is 4.79. The summed E-state index contributed by atoms with van der Waals surface area (Å²) in [5.74, 6) is 0. The molecule has 0 aliphatic heterocycles. The summed E-state index contributed by atoms with van der Waals surface area (Å²) in [5.41, 5.74) is 0. The van der Waals surface area contributed by atoms with Crippen molar-refractivity contribution in [3.8, 4) is 0 Å². The molecule has 0 aromatic carbocycles. The SMILES string of the molecule is CC(C)N(CC(F)F)C1CCCCC1. The van der Waals surface area contributed by atoms with Crippen LogP contribution in [0.4, 0.5) is 8.78 Å². The lowest BCUT2D eigenvalue weighted by Crippen LogP contribution is -2.44. The maximum absolute atomic E-state index is 12.4. The number of nitrogens with zero attached hydrogens (tertiary/aromatic N) is 1. The molecular weight excluding hydrogens is 184 g/mol. The Hall–Kier alpha value is -0.180. The summed E-state index contributed by atoms with van der Waals surface area (Å²) in [6.45, 7) is 3.97. The molecule has 0 bridgehead atoms. The number of hydrogen-bond donors (Lipinski definition) is 0. The van der Waals surface area contributed by atoms with E-state index in [1.807, 2.05) is 18.7 Å². The Balaban J connectivity index is 2.47. The van der Waals surface area contributed by atoms with Gasteiger partial charge in [-0.1, -0.05) is 19.3 Å². The van der Waals surface area contributed by atoms with Crippen molar-refractivity contribution in [1.82, 2.24) is 4.90 Å². The number of rotatable bonds is 4. The normalized spacial score (nSPS) is 19.9. The van der Waals surface area contributed by atoms with Crippen molar-refractivity contribution in [1.29, 1.82) is 0 Å². The van der Waals surface area contributed by atoms with E-state index in [9.17, 15) is 8.78 Å². The molecule has 0 aromatic heterocycles.